The topological polar surface area (TPSA) is 64.8 Å². The van der Waals surface area contributed by atoms with Gasteiger partial charge in [0.2, 0.25) is 0 Å². The number of carbonyl (C=O) groups excluding carboxylic acids is 1. The Morgan fingerprint density at radius 2 is 2.21 bits per heavy atom. The van der Waals surface area contributed by atoms with Gasteiger partial charge >= 0.3 is 0 Å². The van der Waals surface area contributed by atoms with Crippen LogP contribution in [0.25, 0.3) is 0 Å². The zero-order chi connectivity index (χ0) is 13.8. The van der Waals surface area contributed by atoms with E-state index in [0.29, 0.717) is 29.5 Å². The van der Waals surface area contributed by atoms with Crippen LogP contribution in [-0.4, -0.2) is 44.7 Å². The van der Waals surface area contributed by atoms with Crippen LogP contribution in [0, 0.1) is 5.92 Å². The quantitative estimate of drug-likeness (QED) is 0.885. The highest BCUT2D eigenvalue weighted by atomic mass is 16.5. The predicted molar refractivity (Wildman–Crippen MR) is 72.6 cm³/mol. The fraction of sp³-hybridized carbons (Fsp3) is 0.500. The van der Waals surface area contributed by atoms with E-state index in [-0.39, 0.29) is 5.91 Å². The molecule has 2 N–H and O–H groups in total. The van der Waals surface area contributed by atoms with Crippen molar-refractivity contribution in [2.45, 2.75) is 6.42 Å². The molecule has 1 unspecified atom stereocenters. The SMILES string of the molecule is COc1cccc(C(=O)N2CCC(CN)C2)c1OC. The van der Waals surface area contributed by atoms with E-state index < -0.39 is 0 Å². The van der Waals surface area contributed by atoms with Gasteiger partial charge in [0.15, 0.2) is 11.5 Å². The lowest BCUT2D eigenvalue weighted by Gasteiger charge is -2.19. The van der Waals surface area contributed by atoms with E-state index in [4.69, 9.17) is 15.2 Å². The normalized spacial score (nSPS) is 18.5. The van der Waals surface area contributed by atoms with Gasteiger partial charge in [-0.05, 0) is 31.0 Å². The average molecular weight is 264 g/mol. The highest BCUT2D eigenvalue weighted by molar-refractivity contribution is 5.98. The van der Waals surface area contributed by atoms with Crippen molar-refractivity contribution in [1.29, 1.82) is 0 Å². The van der Waals surface area contributed by atoms with Crippen LogP contribution in [0.4, 0.5) is 0 Å². The number of hydrogen-bond donors (Lipinski definition) is 1. The lowest BCUT2D eigenvalue weighted by Crippen LogP contribution is -2.30. The molecule has 5 heteroatoms. The Bertz CT molecular complexity index is 462. The maximum Gasteiger partial charge on any atom is 0.257 e. The molecule has 1 atom stereocenters. The van der Waals surface area contributed by atoms with Crippen LogP contribution in [0.3, 0.4) is 0 Å². The first-order valence-corrected chi connectivity index (χ1v) is 6.41. The lowest BCUT2D eigenvalue weighted by atomic mass is 10.1. The van der Waals surface area contributed by atoms with Crippen molar-refractivity contribution in [3.8, 4) is 11.5 Å². The Balaban J connectivity index is 2.24. The molecule has 1 saturated heterocycles. The van der Waals surface area contributed by atoms with Gasteiger partial charge in [-0.15, -0.1) is 0 Å². The van der Waals surface area contributed by atoms with Gasteiger partial charge in [-0.25, -0.2) is 0 Å². The van der Waals surface area contributed by atoms with E-state index in [0.717, 1.165) is 19.5 Å². The maximum absolute atomic E-state index is 12.5. The van der Waals surface area contributed by atoms with Crippen LogP contribution in [-0.2, 0) is 0 Å². The van der Waals surface area contributed by atoms with E-state index in [2.05, 4.69) is 0 Å². The minimum Gasteiger partial charge on any atom is -0.493 e. The average Bonchev–Trinajstić information content (AvgIpc) is 2.94. The molecule has 1 fully saturated rings. The fourth-order valence-electron chi connectivity index (χ4n) is 2.44. The number of nitrogens with zero attached hydrogens (tertiary/aromatic N) is 1. The summed E-state index contributed by atoms with van der Waals surface area (Å²) in [5, 5.41) is 0. The predicted octanol–water partition coefficient (Wildman–Crippen LogP) is 1.12. The lowest BCUT2D eigenvalue weighted by molar-refractivity contribution is 0.0783. The number of benzene rings is 1. The molecule has 1 aliphatic rings. The first kappa shape index (κ1) is 13.7. The van der Waals surface area contributed by atoms with E-state index in [1.54, 1.807) is 32.4 Å². The Morgan fingerprint density at radius 3 is 2.79 bits per heavy atom. The first-order chi connectivity index (χ1) is 9.21. The minimum atomic E-state index is -0.0216. The van der Waals surface area contributed by atoms with Gasteiger partial charge in [0.1, 0.15) is 0 Å². The third kappa shape index (κ3) is 2.66. The van der Waals surface area contributed by atoms with Gasteiger partial charge in [-0.2, -0.15) is 0 Å². The summed E-state index contributed by atoms with van der Waals surface area (Å²) in [5.74, 6) is 1.45. The number of carbonyl (C=O) groups is 1. The molecule has 5 nitrogen and oxygen atoms in total. The molecule has 1 aromatic rings. The smallest absolute Gasteiger partial charge is 0.257 e. The summed E-state index contributed by atoms with van der Waals surface area (Å²) in [5.41, 5.74) is 6.20. The van der Waals surface area contributed by atoms with E-state index in [9.17, 15) is 4.79 Å². The van der Waals surface area contributed by atoms with Gasteiger partial charge in [0.25, 0.3) is 5.91 Å². The number of methoxy groups -OCH3 is 2. The molecular formula is C14H20N2O3. The summed E-state index contributed by atoms with van der Waals surface area (Å²) in [7, 11) is 3.10. The van der Waals surface area contributed by atoms with E-state index in [1.165, 1.54) is 0 Å². The summed E-state index contributed by atoms with van der Waals surface area (Å²) in [6.07, 6.45) is 0.967. The van der Waals surface area contributed by atoms with Crippen LogP contribution in [0.2, 0.25) is 0 Å². The Labute approximate surface area is 113 Å². The number of hydrogen-bond acceptors (Lipinski definition) is 4. The summed E-state index contributed by atoms with van der Waals surface area (Å²) >= 11 is 0. The molecule has 0 aromatic heterocycles. The molecule has 0 spiro atoms. The molecule has 0 bridgehead atoms. The minimum absolute atomic E-state index is 0.0216. The third-order valence-electron chi connectivity index (χ3n) is 3.54. The molecule has 0 aliphatic carbocycles. The van der Waals surface area contributed by atoms with Gasteiger partial charge < -0.3 is 20.1 Å². The standard InChI is InChI=1S/C14H20N2O3/c1-18-12-5-3-4-11(13(12)19-2)14(17)16-7-6-10(8-15)9-16/h3-5,10H,6-9,15H2,1-2H3. The fourth-order valence-corrected chi connectivity index (χ4v) is 2.44. The van der Waals surface area contributed by atoms with Crippen molar-refractivity contribution < 1.29 is 14.3 Å². The van der Waals surface area contributed by atoms with Gasteiger partial charge in [0.05, 0.1) is 19.8 Å². The number of nitrogens with two attached hydrogens (primary N) is 1. The number of amides is 1. The molecule has 1 amide bonds. The van der Waals surface area contributed by atoms with Gasteiger partial charge in [-0.1, -0.05) is 6.07 Å². The largest absolute Gasteiger partial charge is 0.493 e. The second kappa shape index (κ2) is 5.93. The van der Waals surface area contributed by atoms with Crippen LogP contribution in [0.5, 0.6) is 11.5 Å². The van der Waals surface area contributed by atoms with Gasteiger partial charge in [-0.3, -0.25) is 4.79 Å². The molecule has 19 heavy (non-hydrogen) atoms. The Hall–Kier alpha value is -1.75. The third-order valence-corrected chi connectivity index (χ3v) is 3.54. The number of ether oxygens (including phenoxy) is 2. The van der Waals surface area contributed by atoms with Gasteiger partial charge in [0, 0.05) is 13.1 Å². The summed E-state index contributed by atoms with van der Waals surface area (Å²) in [6.45, 7) is 2.09. The van der Waals surface area contributed by atoms with Crippen LogP contribution in [0.1, 0.15) is 16.8 Å². The number of para-hydroxylation sites is 1. The number of rotatable bonds is 4. The van der Waals surface area contributed by atoms with Crippen molar-refractivity contribution in [3.05, 3.63) is 23.8 Å². The monoisotopic (exact) mass is 264 g/mol. The first-order valence-electron chi connectivity index (χ1n) is 6.41. The Kier molecular flexibility index (Phi) is 4.27. The van der Waals surface area contributed by atoms with Crippen LogP contribution < -0.4 is 15.2 Å². The molecule has 0 saturated carbocycles. The maximum atomic E-state index is 12.5. The highest BCUT2D eigenvalue weighted by Gasteiger charge is 2.28. The van der Waals surface area contributed by atoms with E-state index in [1.807, 2.05) is 4.90 Å². The molecule has 0 radical (unpaired) electrons. The van der Waals surface area contributed by atoms with Crippen LogP contribution in [0.15, 0.2) is 18.2 Å². The Morgan fingerprint density at radius 1 is 1.42 bits per heavy atom. The van der Waals surface area contributed by atoms with Crippen molar-refractivity contribution in [2.75, 3.05) is 33.9 Å². The van der Waals surface area contributed by atoms with Crippen molar-refractivity contribution in [2.24, 2.45) is 11.7 Å². The zero-order valence-corrected chi connectivity index (χ0v) is 11.4. The molecule has 1 aliphatic heterocycles. The summed E-state index contributed by atoms with van der Waals surface area (Å²) in [6, 6.07) is 5.34. The molecule has 2 rings (SSSR count). The highest BCUT2D eigenvalue weighted by Crippen LogP contribution is 2.32. The second-order valence-corrected chi connectivity index (χ2v) is 4.68. The van der Waals surface area contributed by atoms with Crippen molar-refractivity contribution >= 4 is 5.91 Å². The summed E-state index contributed by atoms with van der Waals surface area (Å²) in [4.78, 5) is 14.3. The summed E-state index contributed by atoms with van der Waals surface area (Å²) < 4.78 is 10.5. The zero-order valence-electron chi connectivity index (χ0n) is 11.4. The molecular weight excluding hydrogens is 244 g/mol. The van der Waals surface area contributed by atoms with Crippen molar-refractivity contribution in [1.82, 2.24) is 4.90 Å². The molecule has 1 heterocycles. The van der Waals surface area contributed by atoms with Crippen LogP contribution >= 0.6 is 0 Å². The number of likely N-dealkylation sites (tertiary alicyclic amines) is 1. The van der Waals surface area contributed by atoms with Crippen molar-refractivity contribution in [3.63, 3.8) is 0 Å². The molecule has 104 valence electrons. The molecule has 1 aromatic carbocycles. The van der Waals surface area contributed by atoms with E-state index >= 15 is 0 Å². The second-order valence-electron chi connectivity index (χ2n) is 4.68.